The van der Waals surface area contributed by atoms with Gasteiger partial charge in [0.1, 0.15) is 18.4 Å². The molecule has 10 nitrogen and oxygen atoms in total. The van der Waals surface area contributed by atoms with Crippen LogP contribution in [0, 0.1) is 12.7 Å². The van der Waals surface area contributed by atoms with Crippen molar-refractivity contribution < 1.29 is 23.5 Å². The van der Waals surface area contributed by atoms with Gasteiger partial charge in [-0.2, -0.15) is 4.80 Å². The molecule has 0 saturated heterocycles. The quantitative estimate of drug-likeness (QED) is 0.321. The third-order valence-electron chi connectivity index (χ3n) is 6.11. The maximum Gasteiger partial charge on any atom is 0.251 e. The molecule has 0 aliphatic rings. The Labute approximate surface area is 238 Å². The van der Waals surface area contributed by atoms with Crippen LogP contribution in [0.1, 0.15) is 37.9 Å². The number of ether oxygens (including phenoxy) is 2. The van der Waals surface area contributed by atoms with Crippen molar-refractivity contribution in [1.29, 1.82) is 0 Å². The van der Waals surface area contributed by atoms with Gasteiger partial charge in [0.15, 0.2) is 11.5 Å². The fourth-order valence-electron chi connectivity index (χ4n) is 4.32. The van der Waals surface area contributed by atoms with Gasteiger partial charge in [-0.3, -0.25) is 14.5 Å². The molecule has 2 amide bonds. The van der Waals surface area contributed by atoms with E-state index in [4.69, 9.17) is 9.47 Å². The highest BCUT2D eigenvalue weighted by Gasteiger charge is 2.35. The number of carbonyl (C=O) groups excluding carboxylic acids is 2. The molecule has 0 fully saturated rings. The highest BCUT2D eigenvalue weighted by atomic mass is 19.1. The minimum Gasteiger partial charge on any atom is -0.493 e. The Kier molecular flexibility index (Phi) is 8.65. The van der Waals surface area contributed by atoms with E-state index in [2.05, 4.69) is 20.7 Å². The Morgan fingerprint density at radius 1 is 1.00 bits per heavy atom. The van der Waals surface area contributed by atoms with Crippen LogP contribution in [0.5, 0.6) is 11.5 Å². The number of hydrogen-bond acceptors (Lipinski definition) is 7. The van der Waals surface area contributed by atoms with E-state index < -0.39 is 23.4 Å². The van der Waals surface area contributed by atoms with Gasteiger partial charge in [-0.05, 0) is 92.6 Å². The molecule has 1 aromatic heterocycles. The van der Waals surface area contributed by atoms with Gasteiger partial charge in [0.05, 0.1) is 14.2 Å². The van der Waals surface area contributed by atoms with Crippen LogP contribution in [0.4, 0.5) is 10.1 Å². The molecule has 0 radical (unpaired) electrons. The van der Waals surface area contributed by atoms with Crippen molar-refractivity contribution in [2.75, 3.05) is 19.1 Å². The van der Waals surface area contributed by atoms with E-state index in [9.17, 15) is 14.0 Å². The summed E-state index contributed by atoms with van der Waals surface area (Å²) >= 11 is 0. The average Bonchev–Trinajstić information content (AvgIpc) is 3.38. The predicted octanol–water partition coefficient (Wildman–Crippen LogP) is 4.49. The summed E-state index contributed by atoms with van der Waals surface area (Å²) in [7, 11) is 3.03. The van der Waals surface area contributed by atoms with Crippen molar-refractivity contribution in [3.8, 4) is 22.9 Å². The molecule has 11 heteroatoms. The van der Waals surface area contributed by atoms with Crippen molar-refractivity contribution in [3.63, 3.8) is 0 Å². The molecule has 0 saturated carbocycles. The average molecular weight is 561 g/mol. The first-order valence-electron chi connectivity index (χ1n) is 13.0. The number of methoxy groups -OCH3 is 2. The summed E-state index contributed by atoms with van der Waals surface area (Å²) in [4.78, 5) is 30.6. The first-order chi connectivity index (χ1) is 19.5. The Morgan fingerprint density at radius 2 is 1.71 bits per heavy atom. The summed E-state index contributed by atoms with van der Waals surface area (Å²) in [6, 6.07) is 17.0. The molecule has 3 aromatic carbocycles. The number of nitrogens with zero attached hydrogens (tertiary/aromatic N) is 5. The molecule has 1 atom stereocenters. The minimum atomic E-state index is -1.08. The molecule has 0 aliphatic carbocycles. The van der Waals surface area contributed by atoms with Crippen LogP contribution < -0.4 is 19.7 Å². The lowest BCUT2D eigenvalue weighted by molar-refractivity contribution is -0.128. The third-order valence-corrected chi connectivity index (χ3v) is 6.11. The summed E-state index contributed by atoms with van der Waals surface area (Å²) in [6.07, 6.45) is 0. The van der Waals surface area contributed by atoms with E-state index in [1.54, 1.807) is 24.3 Å². The maximum absolute atomic E-state index is 14.1. The first kappa shape index (κ1) is 29.2. The van der Waals surface area contributed by atoms with Crippen LogP contribution in [-0.2, 0) is 16.1 Å². The SMILES string of the molecule is COc1ccc([C@H](C(=O)NC(C)(C)C)N(C(=O)Cn2nnc(-c3ccc(F)cc3)n2)c2cccc(C)c2)cc1OC. The van der Waals surface area contributed by atoms with E-state index in [0.29, 0.717) is 28.3 Å². The summed E-state index contributed by atoms with van der Waals surface area (Å²) in [5.74, 6) is -0.0980. The van der Waals surface area contributed by atoms with Crippen LogP contribution >= 0.6 is 0 Å². The van der Waals surface area contributed by atoms with Gasteiger partial charge in [0.25, 0.3) is 5.91 Å². The minimum absolute atomic E-state index is 0.238. The van der Waals surface area contributed by atoms with Crippen molar-refractivity contribution in [2.24, 2.45) is 0 Å². The highest BCUT2D eigenvalue weighted by molar-refractivity contribution is 6.01. The second-order valence-corrected chi connectivity index (χ2v) is 10.5. The lowest BCUT2D eigenvalue weighted by atomic mass is 10.00. The van der Waals surface area contributed by atoms with Crippen molar-refractivity contribution in [2.45, 2.75) is 45.8 Å². The van der Waals surface area contributed by atoms with Crippen LogP contribution in [0.15, 0.2) is 66.7 Å². The van der Waals surface area contributed by atoms with E-state index in [0.717, 1.165) is 10.4 Å². The number of aromatic nitrogens is 4. The number of halogens is 1. The lowest BCUT2D eigenvalue weighted by Gasteiger charge is -2.34. The monoisotopic (exact) mass is 560 g/mol. The van der Waals surface area contributed by atoms with Gasteiger partial charge in [-0.15, -0.1) is 10.2 Å². The topological polar surface area (TPSA) is 111 Å². The van der Waals surface area contributed by atoms with Crippen LogP contribution in [0.2, 0.25) is 0 Å². The van der Waals surface area contributed by atoms with E-state index in [-0.39, 0.29) is 18.2 Å². The zero-order valence-electron chi connectivity index (χ0n) is 23.9. The van der Waals surface area contributed by atoms with Crippen molar-refractivity contribution in [1.82, 2.24) is 25.5 Å². The zero-order valence-corrected chi connectivity index (χ0v) is 23.9. The van der Waals surface area contributed by atoms with E-state index in [1.807, 2.05) is 45.9 Å². The second kappa shape index (κ2) is 12.2. The molecule has 41 heavy (non-hydrogen) atoms. The molecule has 0 aliphatic heterocycles. The molecule has 4 rings (SSSR count). The number of tetrazole rings is 1. The fourth-order valence-corrected chi connectivity index (χ4v) is 4.32. The summed E-state index contributed by atoms with van der Waals surface area (Å²) in [5.41, 5.74) is 1.90. The van der Waals surface area contributed by atoms with Gasteiger partial charge in [0, 0.05) is 16.8 Å². The van der Waals surface area contributed by atoms with E-state index in [1.165, 1.54) is 43.4 Å². The maximum atomic E-state index is 14.1. The van der Waals surface area contributed by atoms with Crippen LogP contribution in [0.25, 0.3) is 11.4 Å². The molecule has 1 heterocycles. The second-order valence-electron chi connectivity index (χ2n) is 10.5. The molecular formula is C30H33FN6O4. The summed E-state index contributed by atoms with van der Waals surface area (Å²) in [6.45, 7) is 7.19. The smallest absolute Gasteiger partial charge is 0.251 e. The Balaban J connectivity index is 1.79. The molecular weight excluding hydrogens is 527 g/mol. The van der Waals surface area contributed by atoms with Gasteiger partial charge in [-0.1, -0.05) is 18.2 Å². The zero-order chi connectivity index (χ0) is 29.7. The summed E-state index contributed by atoms with van der Waals surface area (Å²) in [5, 5.41) is 15.4. The highest BCUT2D eigenvalue weighted by Crippen LogP contribution is 2.35. The number of aryl methyl sites for hydroxylation is 1. The van der Waals surface area contributed by atoms with Crippen molar-refractivity contribution in [3.05, 3.63) is 83.7 Å². The number of carbonyl (C=O) groups is 2. The normalized spacial score (nSPS) is 12.0. The number of rotatable bonds is 9. The number of anilines is 1. The standard InChI is InChI=1S/C30H33FN6O4/c1-19-8-7-9-23(16-19)37(26(38)18-36-34-28(33-35-36)20-10-13-22(31)14-11-20)27(29(39)32-30(2,3)4)21-12-15-24(40-5)25(17-21)41-6/h7-17,27H,18H2,1-6H3,(H,32,39)/t27-/m1/s1. The number of hydrogen-bond donors (Lipinski definition) is 1. The van der Waals surface area contributed by atoms with Gasteiger partial charge < -0.3 is 14.8 Å². The first-order valence-corrected chi connectivity index (χ1v) is 13.0. The number of nitrogens with one attached hydrogen (secondary N) is 1. The fraction of sp³-hybridized carbons (Fsp3) is 0.300. The lowest BCUT2D eigenvalue weighted by Crippen LogP contribution is -2.50. The predicted molar refractivity (Wildman–Crippen MR) is 152 cm³/mol. The molecule has 214 valence electrons. The molecule has 1 N–H and O–H groups in total. The third kappa shape index (κ3) is 7.05. The summed E-state index contributed by atoms with van der Waals surface area (Å²) < 4.78 is 24.3. The molecule has 0 spiro atoms. The van der Waals surface area contributed by atoms with Gasteiger partial charge in [-0.25, -0.2) is 4.39 Å². The Bertz CT molecular complexity index is 1530. The molecule has 4 aromatic rings. The molecule has 0 bridgehead atoms. The van der Waals surface area contributed by atoms with Crippen molar-refractivity contribution >= 4 is 17.5 Å². The Hall–Kier alpha value is -4.80. The largest absolute Gasteiger partial charge is 0.493 e. The number of amides is 2. The van der Waals surface area contributed by atoms with Crippen LogP contribution in [-0.4, -0.2) is 51.8 Å². The number of benzene rings is 3. The van der Waals surface area contributed by atoms with E-state index >= 15 is 0 Å². The van der Waals surface area contributed by atoms with Gasteiger partial charge in [0.2, 0.25) is 11.7 Å². The Morgan fingerprint density at radius 3 is 2.34 bits per heavy atom. The van der Waals surface area contributed by atoms with Gasteiger partial charge >= 0.3 is 0 Å². The molecule has 0 unspecified atom stereocenters. The van der Waals surface area contributed by atoms with Crippen LogP contribution in [0.3, 0.4) is 0 Å².